The van der Waals surface area contributed by atoms with Crippen LogP contribution in [0, 0.1) is 3.57 Å². The molecule has 4 heteroatoms. The minimum absolute atomic E-state index is 0.102. The number of rotatable bonds is 4. The first-order valence-electron chi connectivity index (χ1n) is 8.00. The van der Waals surface area contributed by atoms with Crippen LogP contribution in [0.1, 0.15) is 23.5 Å². The van der Waals surface area contributed by atoms with Crippen molar-refractivity contribution in [1.82, 2.24) is 4.90 Å². The lowest BCUT2D eigenvalue weighted by Crippen LogP contribution is -2.34. The van der Waals surface area contributed by atoms with Crippen LogP contribution in [0.25, 0.3) is 0 Å². The van der Waals surface area contributed by atoms with Crippen LogP contribution in [-0.4, -0.2) is 24.5 Å². The van der Waals surface area contributed by atoms with Crippen molar-refractivity contribution >= 4 is 28.5 Å². The standard InChI is InChI=1S/C20H20INO2/c1-24-16-11-9-15(10-12-16)14-22-13-5-4-7-18(20(22)23)17-6-2-3-8-19(17)21/h2-6,8-12,18H,7,13-14H2,1H3/t18-/m0/s1. The van der Waals surface area contributed by atoms with Gasteiger partial charge in [-0.1, -0.05) is 42.5 Å². The van der Waals surface area contributed by atoms with E-state index in [2.05, 4.69) is 46.9 Å². The number of carbonyl (C=O) groups excluding carboxylic acids is 1. The van der Waals surface area contributed by atoms with Crippen LogP contribution >= 0.6 is 22.6 Å². The summed E-state index contributed by atoms with van der Waals surface area (Å²) < 4.78 is 6.34. The van der Waals surface area contributed by atoms with Crippen molar-refractivity contribution in [3.63, 3.8) is 0 Å². The van der Waals surface area contributed by atoms with Crippen LogP contribution in [0.4, 0.5) is 0 Å². The maximum atomic E-state index is 13.1. The number of amides is 1. The van der Waals surface area contributed by atoms with Gasteiger partial charge in [-0.05, 0) is 58.3 Å². The van der Waals surface area contributed by atoms with E-state index >= 15 is 0 Å². The second kappa shape index (κ2) is 7.83. The molecule has 24 heavy (non-hydrogen) atoms. The maximum absolute atomic E-state index is 13.1. The van der Waals surface area contributed by atoms with Gasteiger partial charge in [0.25, 0.3) is 0 Å². The van der Waals surface area contributed by atoms with E-state index in [9.17, 15) is 4.79 Å². The van der Waals surface area contributed by atoms with Crippen molar-refractivity contribution in [2.24, 2.45) is 0 Å². The zero-order chi connectivity index (χ0) is 16.9. The molecule has 0 spiro atoms. The molecular weight excluding hydrogens is 413 g/mol. The summed E-state index contributed by atoms with van der Waals surface area (Å²) in [6.07, 6.45) is 4.98. The summed E-state index contributed by atoms with van der Waals surface area (Å²) in [5.41, 5.74) is 2.23. The zero-order valence-electron chi connectivity index (χ0n) is 13.6. The molecule has 2 aromatic carbocycles. The van der Waals surface area contributed by atoms with Gasteiger partial charge in [-0.15, -0.1) is 0 Å². The van der Waals surface area contributed by atoms with E-state index in [1.165, 1.54) is 0 Å². The molecule has 0 radical (unpaired) electrons. The summed E-state index contributed by atoms with van der Waals surface area (Å²) in [5, 5.41) is 0. The lowest BCUT2D eigenvalue weighted by molar-refractivity contribution is -0.132. The third-order valence-corrected chi connectivity index (χ3v) is 5.27. The lowest BCUT2D eigenvalue weighted by atomic mass is 9.94. The fourth-order valence-corrected chi connectivity index (χ4v) is 3.72. The molecule has 3 rings (SSSR count). The fraction of sp³-hybridized carbons (Fsp3) is 0.250. The highest BCUT2D eigenvalue weighted by Gasteiger charge is 2.27. The Balaban J connectivity index is 1.81. The number of allylic oxidation sites excluding steroid dienone is 1. The van der Waals surface area contributed by atoms with Gasteiger partial charge in [0.1, 0.15) is 5.75 Å². The zero-order valence-corrected chi connectivity index (χ0v) is 15.8. The van der Waals surface area contributed by atoms with Crippen LogP contribution in [0.3, 0.4) is 0 Å². The first-order valence-corrected chi connectivity index (χ1v) is 9.08. The van der Waals surface area contributed by atoms with Crippen molar-refractivity contribution in [3.05, 3.63) is 75.4 Å². The second-order valence-electron chi connectivity index (χ2n) is 5.85. The maximum Gasteiger partial charge on any atom is 0.231 e. The number of halogens is 1. The van der Waals surface area contributed by atoms with Crippen LogP contribution in [0.5, 0.6) is 5.75 Å². The Morgan fingerprint density at radius 1 is 1.12 bits per heavy atom. The molecule has 0 aromatic heterocycles. The molecule has 0 bridgehead atoms. The molecule has 3 nitrogen and oxygen atoms in total. The van der Waals surface area contributed by atoms with E-state index in [0.29, 0.717) is 13.1 Å². The molecule has 0 fully saturated rings. The third kappa shape index (κ3) is 3.80. The highest BCUT2D eigenvalue weighted by atomic mass is 127. The van der Waals surface area contributed by atoms with E-state index in [-0.39, 0.29) is 11.8 Å². The van der Waals surface area contributed by atoms with Gasteiger partial charge in [-0.2, -0.15) is 0 Å². The van der Waals surface area contributed by atoms with E-state index in [4.69, 9.17) is 4.74 Å². The molecule has 0 aliphatic carbocycles. The normalized spacial score (nSPS) is 17.7. The van der Waals surface area contributed by atoms with Gasteiger partial charge in [0.15, 0.2) is 0 Å². The summed E-state index contributed by atoms with van der Waals surface area (Å²) in [5.74, 6) is 0.924. The molecule has 2 aromatic rings. The van der Waals surface area contributed by atoms with Crippen molar-refractivity contribution in [2.45, 2.75) is 18.9 Å². The summed E-state index contributed by atoms with van der Waals surface area (Å²) in [4.78, 5) is 15.0. The minimum atomic E-state index is -0.102. The molecule has 1 heterocycles. The van der Waals surface area contributed by atoms with Gasteiger partial charge >= 0.3 is 0 Å². The topological polar surface area (TPSA) is 29.5 Å². The first-order chi connectivity index (χ1) is 11.7. The van der Waals surface area contributed by atoms with E-state index < -0.39 is 0 Å². The van der Waals surface area contributed by atoms with Crippen molar-refractivity contribution in [1.29, 1.82) is 0 Å². The number of hydrogen-bond acceptors (Lipinski definition) is 2. The molecule has 0 unspecified atom stereocenters. The number of hydrogen-bond donors (Lipinski definition) is 0. The van der Waals surface area contributed by atoms with Crippen molar-refractivity contribution in [2.75, 3.05) is 13.7 Å². The van der Waals surface area contributed by atoms with Gasteiger partial charge < -0.3 is 9.64 Å². The summed E-state index contributed by atoms with van der Waals surface area (Å²) >= 11 is 2.32. The fourth-order valence-electron chi connectivity index (χ4n) is 2.96. The number of carbonyl (C=O) groups is 1. The number of methoxy groups -OCH3 is 1. The Morgan fingerprint density at radius 2 is 1.88 bits per heavy atom. The third-order valence-electron chi connectivity index (χ3n) is 4.29. The Kier molecular flexibility index (Phi) is 5.56. The molecule has 1 amide bonds. The van der Waals surface area contributed by atoms with Crippen molar-refractivity contribution < 1.29 is 9.53 Å². The second-order valence-corrected chi connectivity index (χ2v) is 7.01. The quantitative estimate of drug-likeness (QED) is 0.530. The summed E-state index contributed by atoms with van der Waals surface area (Å²) in [7, 11) is 1.66. The van der Waals surface area contributed by atoms with Crippen LogP contribution < -0.4 is 4.74 Å². The molecule has 1 aliphatic rings. The predicted octanol–water partition coefficient (Wildman–Crippen LogP) is 4.37. The Labute approximate surface area is 156 Å². The molecule has 1 aliphatic heterocycles. The van der Waals surface area contributed by atoms with Gasteiger partial charge in [0.2, 0.25) is 5.91 Å². The summed E-state index contributed by atoms with van der Waals surface area (Å²) in [6, 6.07) is 16.0. The lowest BCUT2D eigenvalue weighted by Gasteiger charge is -2.25. The number of benzene rings is 2. The van der Waals surface area contributed by atoms with Crippen LogP contribution in [0.2, 0.25) is 0 Å². The van der Waals surface area contributed by atoms with Crippen LogP contribution in [-0.2, 0) is 11.3 Å². The molecule has 0 saturated carbocycles. The van der Waals surface area contributed by atoms with E-state index in [0.717, 1.165) is 26.9 Å². The molecule has 1 atom stereocenters. The molecule has 0 N–H and O–H groups in total. The highest BCUT2D eigenvalue weighted by molar-refractivity contribution is 14.1. The largest absolute Gasteiger partial charge is 0.497 e. The molecular formula is C20H20INO2. The van der Waals surface area contributed by atoms with Gasteiger partial charge in [0.05, 0.1) is 13.0 Å². The molecule has 124 valence electrons. The van der Waals surface area contributed by atoms with Gasteiger partial charge in [-0.3, -0.25) is 4.79 Å². The predicted molar refractivity (Wildman–Crippen MR) is 104 cm³/mol. The number of nitrogens with zero attached hydrogens (tertiary/aromatic N) is 1. The van der Waals surface area contributed by atoms with Crippen molar-refractivity contribution in [3.8, 4) is 5.75 Å². The van der Waals surface area contributed by atoms with Gasteiger partial charge in [0, 0.05) is 16.7 Å². The average Bonchev–Trinajstić information content (AvgIpc) is 2.78. The first kappa shape index (κ1) is 17.0. The van der Waals surface area contributed by atoms with Crippen LogP contribution in [0.15, 0.2) is 60.7 Å². The highest BCUT2D eigenvalue weighted by Crippen LogP contribution is 2.29. The van der Waals surface area contributed by atoms with Gasteiger partial charge in [-0.25, -0.2) is 0 Å². The number of ether oxygens (including phenoxy) is 1. The smallest absolute Gasteiger partial charge is 0.231 e. The Morgan fingerprint density at radius 3 is 2.58 bits per heavy atom. The minimum Gasteiger partial charge on any atom is -0.497 e. The SMILES string of the molecule is COc1ccc(CN2CC=CC[C@@H](c3ccccc3I)C2=O)cc1. The monoisotopic (exact) mass is 433 g/mol. The van der Waals surface area contributed by atoms with E-state index in [1.54, 1.807) is 7.11 Å². The molecule has 0 saturated heterocycles. The summed E-state index contributed by atoms with van der Waals surface area (Å²) in [6.45, 7) is 1.28. The average molecular weight is 433 g/mol. The Hall–Kier alpha value is -1.82. The Bertz CT molecular complexity index is 740. The van der Waals surface area contributed by atoms with E-state index in [1.807, 2.05) is 41.3 Å².